The highest BCUT2D eigenvalue weighted by Gasteiger charge is 2.36. The van der Waals surface area contributed by atoms with E-state index in [1.165, 1.54) is 238 Å². The summed E-state index contributed by atoms with van der Waals surface area (Å²) in [6, 6.07) is 184. The van der Waals surface area contributed by atoms with Gasteiger partial charge in [-0.2, -0.15) is 0 Å². The SMILES string of the molecule is CC1(C)c2ccccc2-c2ccc(-c3ccc4c(c3)c3cc(-c5ccc(N(c6ccc7c8ccccc8c8ccccc8c7c6)c6cccc7c6sc6ccccc67)cc5)ccc3n4-c3ccccc3)cc21.c1ccc(-c2ccc(-c3ccc4c(c3)c3cc(-c5ccc(N(c6ccc7c8ccccc8c8ccccc8c7c6)c6cccc7c6sc6ccccc67)cc5)ccc3n4-c3ccccc3)cc2)cc1. The van der Waals surface area contributed by atoms with E-state index in [4.69, 9.17) is 0 Å². The fraction of sp³-hybridized carbons (Fsp3) is 0.0222. The van der Waals surface area contributed by atoms with Gasteiger partial charge in [-0.05, 0) is 294 Å². The quantitative estimate of drug-likeness (QED) is 0.107. The third kappa shape index (κ3) is 13.4. The van der Waals surface area contributed by atoms with Gasteiger partial charge in [-0.25, -0.2) is 0 Å². The molecule has 0 amide bonds. The monoisotopic (exact) mass is 1830 g/mol. The molecule has 141 heavy (non-hydrogen) atoms. The molecular weight excluding hydrogens is 1740 g/mol. The Balaban J connectivity index is 0.000000138. The summed E-state index contributed by atoms with van der Waals surface area (Å²) >= 11 is 3.75. The second kappa shape index (κ2) is 32.9. The molecule has 4 heterocycles. The van der Waals surface area contributed by atoms with Crippen LogP contribution in [0.2, 0.25) is 0 Å². The average molecular weight is 1830 g/mol. The largest absolute Gasteiger partial charge is 0.309 e. The van der Waals surface area contributed by atoms with Crippen LogP contribution >= 0.6 is 22.7 Å². The molecule has 6 heteroatoms. The van der Waals surface area contributed by atoms with E-state index in [0.29, 0.717) is 0 Å². The molecule has 0 saturated heterocycles. The van der Waals surface area contributed by atoms with Crippen LogP contribution in [-0.4, -0.2) is 9.13 Å². The van der Waals surface area contributed by atoms with Gasteiger partial charge in [-0.15, -0.1) is 22.7 Å². The predicted octanol–water partition coefficient (Wildman–Crippen LogP) is 38.8. The molecule has 1 aliphatic rings. The van der Waals surface area contributed by atoms with E-state index in [0.717, 1.165) is 34.1 Å². The first-order chi connectivity index (χ1) is 69.7. The van der Waals surface area contributed by atoms with Gasteiger partial charge in [0.1, 0.15) is 0 Å². The van der Waals surface area contributed by atoms with Crippen molar-refractivity contribution in [3.63, 3.8) is 0 Å². The van der Waals surface area contributed by atoms with Crippen molar-refractivity contribution in [2.75, 3.05) is 9.80 Å². The van der Waals surface area contributed by atoms with Crippen LogP contribution in [0.4, 0.5) is 34.1 Å². The summed E-state index contributed by atoms with van der Waals surface area (Å²) in [6.45, 7) is 4.73. The molecule has 0 N–H and O–H groups in total. The van der Waals surface area contributed by atoms with Crippen molar-refractivity contribution in [2.45, 2.75) is 19.3 Å². The molecule has 0 fully saturated rings. The molecule has 660 valence electrons. The van der Waals surface area contributed by atoms with E-state index >= 15 is 0 Å². The zero-order valence-corrected chi connectivity index (χ0v) is 79.1. The molecule has 0 aliphatic heterocycles. The van der Waals surface area contributed by atoms with Crippen LogP contribution in [0.5, 0.6) is 0 Å². The van der Waals surface area contributed by atoms with Gasteiger partial charge >= 0.3 is 0 Å². The number of anilines is 6. The van der Waals surface area contributed by atoms with Gasteiger partial charge in [0.05, 0.1) is 42.8 Å². The normalized spacial score (nSPS) is 12.4. The van der Waals surface area contributed by atoms with E-state index in [1.54, 1.807) is 0 Å². The van der Waals surface area contributed by atoms with Crippen LogP contribution < -0.4 is 9.80 Å². The number of para-hydroxylation sites is 2. The molecule has 4 nitrogen and oxygen atoms in total. The second-order valence-corrected chi connectivity index (χ2v) is 40.2. The maximum Gasteiger partial charge on any atom is 0.0640 e. The molecule has 0 atom stereocenters. The number of nitrogens with zero attached hydrogens (tertiary/aromatic N) is 4. The average Bonchev–Trinajstić information content (AvgIpc) is 1.66. The topological polar surface area (TPSA) is 16.3 Å². The maximum absolute atomic E-state index is 2.47. The Bertz CT molecular complexity index is 9890. The van der Waals surface area contributed by atoms with Gasteiger partial charge in [-0.1, -0.05) is 360 Å². The first-order valence-electron chi connectivity index (χ1n) is 48.6. The number of hydrogen-bond acceptors (Lipinski definition) is 4. The molecule has 0 saturated carbocycles. The Morgan fingerprint density at radius 2 is 0.454 bits per heavy atom. The van der Waals surface area contributed by atoms with Gasteiger partial charge in [0, 0.05) is 92.0 Å². The second-order valence-electron chi connectivity index (χ2n) is 38.1. The molecule has 0 unspecified atom stereocenters. The Kier molecular flexibility index (Phi) is 19.1. The molecule has 0 radical (unpaired) electrons. The van der Waals surface area contributed by atoms with Crippen molar-refractivity contribution < 1.29 is 0 Å². The lowest BCUT2D eigenvalue weighted by molar-refractivity contribution is 0.660. The summed E-state index contributed by atoms with van der Waals surface area (Å²) < 4.78 is 9.97. The van der Waals surface area contributed by atoms with Crippen molar-refractivity contribution in [1.29, 1.82) is 0 Å². The van der Waals surface area contributed by atoms with Crippen LogP contribution in [0, 0.1) is 0 Å². The number of benzene rings is 24. The predicted molar refractivity (Wildman–Crippen MR) is 606 cm³/mol. The van der Waals surface area contributed by atoms with Gasteiger partial charge in [0.2, 0.25) is 0 Å². The summed E-state index contributed by atoms with van der Waals surface area (Å²) in [7, 11) is 0. The molecule has 24 aromatic carbocycles. The van der Waals surface area contributed by atoms with Crippen LogP contribution in [0.15, 0.2) is 497 Å². The highest BCUT2D eigenvalue weighted by molar-refractivity contribution is 7.27. The summed E-state index contributed by atoms with van der Waals surface area (Å²) in [5, 5.41) is 25.3. The minimum absolute atomic E-state index is 0.0670. The number of hydrogen-bond donors (Lipinski definition) is 0. The summed E-state index contributed by atoms with van der Waals surface area (Å²) in [4.78, 5) is 4.94. The van der Waals surface area contributed by atoms with E-state index in [-0.39, 0.29) is 5.41 Å². The van der Waals surface area contributed by atoms with Crippen molar-refractivity contribution in [3.05, 3.63) is 509 Å². The first-order valence-corrected chi connectivity index (χ1v) is 50.3. The lowest BCUT2D eigenvalue weighted by Crippen LogP contribution is -2.14. The highest BCUT2D eigenvalue weighted by atomic mass is 32.1. The Morgan fingerprint density at radius 3 is 0.858 bits per heavy atom. The zero-order valence-electron chi connectivity index (χ0n) is 77.4. The molecule has 1 aliphatic carbocycles. The summed E-state index contributed by atoms with van der Waals surface area (Å²) in [5.74, 6) is 0. The van der Waals surface area contributed by atoms with Gasteiger partial charge in [0.25, 0.3) is 0 Å². The number of thiophene rings is 2. The first kappa shape index (κ1) is 81.8. The van der Waals surface area contributed by atoms with E-state index < -0.39 is 0 Å². The van der Waals surface area contributed by atoms with Crippen LogP contribution in [0.3, 0.4) is 0 Å². The Morgan fingerprint density at radius 1 is 0.177 bits per heavy atom. The Hall–Kier alpha value is -17.5. The minimum Gasteiger partial charge on any atom is -0.309 e. The van der Waals surface area contributed by atoms with Gasteiger partial charge < -0.3 is 18.9 Å². The molecular formula is C135H88N4S2. The zero-order chi connectivity index (χ0) is 93.1. The lowest BCUT2D eigenvalue weighted by Gasteiger charge is -2.27. The third-order valence-corrected chi connectivity index (χ3v) is 32.4. The minimum atomic E-state index is -0.0670. The van der Waals surface area contributed by atoms with Gasteiger partial charge in [0.15, 0.2) is 0 Å². The Labute approximate surface area is 823 Å². The maximum atomic E-state index is 2.47. The standard InChI is InChI=1S/C69H46N2S.C66H42N2S/c1-69(2)62-24-12-10-21-55(62)56-35-29-46(41-63(56)69)45-31-38-65-61(40-45)60-39-44(30-37-64(60)71(65)47-15-4-3-5-16-47)43-27-32-48(33-28-43)70(66-25-14-23-58-57-22-11-13-26-67(57)72-68(58)66)49-34-36-54-52-19-7-6-17-50(52)51-18-8-9-20-53(51)59(54)42-49;1-3-14-43(15-4-1)44-26-28-45(29-27-44)47-32-38-62-60(40-47)61-41-48(33-39-63(61)68(62)49-16-5-2-6-17-49)46-30-34-50(35-31-46)67(64-24-13-23-58-57-22-11-12-25-65(57)69-66(58)64)51-36-37-56-54-20-8-7-18-52(54)53-19-9-10-21-55(53)59(56)42-51/h3-42H,1-2H3;1-42H. The van der Waals surface area contributed by atoms with Crippen LogP contribution in [0.1, 0.15) is 25.0 Å². The van der Waals surface area contributed by atoms with Crippen molar-refractivity contribution >= 4 is 205 Å². The van der Waals surface area contributed by atoms with Crippen LogP contribution in [0.25, 0.3) is 227 Å². The summed E-state index contributed by atoms with van der Waals surface area (Å²) in [6.07, 6.45) is 0. The molecule has 0 bridgehead atoms. The molecule has 0 spiro atoms. The fourth-order valence-electron chi connectivity index (χ4n) is 23.2. The molecule has 4 aromatic heterocycles. The van der Waals surface area contributed by atoms with E-state index in [2.05, 4.69) is 530 Å². The summed E-state index contributed by atoms with van der Waals surface area (Å²) in [5.41, 5.74) is 31.3. The van der Waals surface area contributed by atoms with Gasteiger partial charge in [-0.3, -0.25) is 0 Å². The highest BCUT2D eigenvalue weighted by Crippen LogP contribution is 2.54. The van der Waals surface area contributed by atoms with Crippen molar-refractivity contribution in [1.82, 2.24) is 9.13 Å². The van der Waals surface area contributed by atoms with E-state index in [9.17, 15) is 0 Å². The number of aromatic nitrogens is 2. The molecule has 28 aromatic rings. The lowest BCUT2D eigenvalue weighted by atomic mass is 9.81. The smallest absolute Gasteiger partial charge is 0.0640 e. The molecule has 29 rings (SSSR count). The van der Waals surface area contributed by atoms with E-state index in [1.807, 2.05) is 22.7 Å². The third-order valence-electron chi connectivity index (χ3n) is 29.9. The fourth-order valence-corrected chi connectivity index (χ4v) is 25.6. The van der Waals surface area contributed by atoms with Crippen LogP contribution in [-0.2, 0) is 5.41 Å². The van der Waals surface area contributed by atoms with Crippen molar-refractivity contribution in [3.8, 4) is 78.1 Å². The number of fused-ring (bicyclic) bond motifs is 27. The van der Waals surface area contributed by atoms with Crippen molar-refractivity contribution in [2.24, 2.45) is 0 Å². The number of rotatable bonds is 13.